The maximum absolute atomic E-state index is 11.9. The number of nitrogens with one attached hydrogen (secondary N) is 1. The van der Waals surface area contributed by atoms with Gasteiger partial charge in [0.25, 0.3) is 0 Å². The Morgan fingerprint density at radius 2 is 1.88 bits per heavy atom. The summed E-state index contributed by atoms with van der Waals surface area (Å²) in [5, 5.41) is 0.626. The summed E-state index contributed by atoms with van der Waals surface area (Å²) in [5.41, 5.74) is 1.12. The van der Waals surface area contributed by atoms with Crippen molar-refractivity contribution in [3.63, 3.8) is 0 Å². The van der Waals surface area contributed by atoms with Gasteiger partial charge in [0.1, 0.15) is 4.90 Å². The van der Waals surface area contributed by atoms with E-state index in [2.05, 4.69) is 4.72 Å². The van der Waals surface area contributed by atoms with Crippen LogP contribution in [0, 0.1) is 13.8 Å². The van der Waals surface area contributed by atoms with Gasteiger partial charge in [-0.3, -0.25) is 0 Å². The second-order valence-corrected chi connectivity index (χ2v) is 5.93. The van der Waals surface area contributed by atoms with Crippen LogP contribution in [0.4, 0.5) is 0 Å². The number of benzene rings is 1. The minimum absolute atomic E-state index is 0.0704. The molecule has 0 aliphatic rings. The molecule has 1 aromatic carbocycles. The molecule has 0 aliphatic carbocycles. The molecular formula is C10H13Cl2NO2S. The van der Waals surface area contributed by atoms with Gasteiger partial charge in [-0.2, -0.15) is 0 Å². The van der Waals surface area contributed by atoms with Crippen molar-refractivity contribution in [2.24, 2.45) is 0 Å². The average Bonchev–Trinajstić information content (AvgIpc) is 2.14. The van der Waals surface area contributed by atoms with E-state index in [1.54, 1.807) is 26.8 Å². The molecule has 1 aromatic rings. The fourth-order valence-corrected chi connectivity index (χ4v) is 3.65. The number of hydrogen-bond acceptors (Lipinski definition) is 2. The lowest BCUT2D eigenvalue weighted by Crippen LogP contribution is -2.24. The van der Waals surface area contributed by atoms with Crippen LogP contribution in [0.15, 0.2) is 11.0 Å². The average molecular weight is 282 g/mol. The minimum atomic E-state index is -3.58. The quantitative estimate of drug-likeness (QED) is 0.926. The summed E-state index contributed by atoms with van der Waals surface area (Å²) in [6, 6.07) is 1.66. The van der Waals surface area contributed by atoms with Gasteiger partial charge < -0.3 is 0 Å². The third-order valence-corrected chi connectivity index (χ3v) is 4.90. The van der Waals surface area contributed by atoms with E-state index in [0.717, 1.165) is 0 Å². The van der Waals surface area contributed by atoms with Crippen molar-refractivity contribution in [3.05, 3.63) is 27.2 Å². The summed E-state index contributed by atoms with van der Waals surface area (Å²) in [6.07, 6.45) is 0. The van der Waals surface area contributed by atoms with Crippen LogP contribution < -0.4 is 4.72 Å². The van der Waals surface area contributed by atoms with E-state index in [1.165, 1.54) is 0 Å². The van der Waals surface area contributed by atoms with Crippen molar-refractivity contribution >= 4 is 33.2 Å². The second kappa shape index (κ2) is 4.92. The van der Waals surface area contributed by atoms with E-state index < -0.39 is 10.0 Å². The van der Waals surface area contributed by atoms with Crippen LogP contribution in [0.3, 0.4) is 0 Å². The topological polar surface area (TPSA) is 46.2 Å². The molecule has 0 spiro atoms. The van der Waals surface area contributed by atoms with Crippen LogP contribution >= 0.6 is 23.2 Å². The highest BCUT2D eigenvalue weighted by Gasteiger charge is 2.22. The predicted octanol–water partition coefficient (Wildman–Crippen LogP) is 2.91. The van der Waals surface area contributed by atoms with E-state index in [0.29, 0.717) is 22.7 Å². The first-order valence-electron chi connectivity index (χ1n) is 4.76. The molecule has 3 nitrogen and oxygen atoms in total. The molecule has 1 rings (SSSR count). The van der Waals surface area contributed by atoms with Crippen LogP contribution in [0.25, 0.3) is 0 Å². The molecule has 0 bridgehead atoms. The minimum Gasteiger partial charge on any atom is -0.211 e. The maximum atomic E-state index is 11.9. The van der Waals surface area contributed by atoms with E-state index >= 15 is 0 Å². The van der Waals surface area contributed by atoms with Gasteiger partial charge in [-0.25, -0.2) is 13.1 Å². The van der Waals surface area contributed by atoms with Crippen LogP contribution in [-0.2, 0) is 10.0 Å². The highest BCUT2D eigenvalue weighted by atomic mass is 35.5. The Labute approximate surface area is 106 Å². The van der Waals surface area contributed by atoms with Gasteiger partial charge in [0.05, 0.1) is 5.02 Å². The predicted molar refractivity (Wildman–Crippen MR) is 66.8 cm³/mol. The molecule has 0 fully saturated rings. The van der Waals surface area contributed by atoms with E-state index in [1.807, 2.05) is 0 Å². The normalized spacial score (nSPS) is 11.8. The molecule has 6 heteroatoms. The molecule has 16 heavy (non-hydrogen) atoms. The molecule has 1 N–H and O–H groups in total. The van der Waals surface area contributed by atoms with Crippen molar-refractivity contribution < 1.29 is 8.42 Å². The van der Waals surface area contributed by atoms with Gasteiger partial charge in [-0.1, -0.05) is 30.1 Å². The summed E-state index contributed by atoms with van der Waals surface area (Å²) < 4.78 is 26.3. The zero-order valence-corrected chi connectivity index (χ0v) is 11.6. The summed E-state index contributed by atoms with van der Waals surface area (Å²) >= 11 is 12.0. The van der Waals surface area contributed by atoms with Crippen molar-refractivity contribution in [2.45, 2.75) is 25.7 Å². The number of aryl methyl sites for hydroxylation is 1. The van der Waals surface area contributed by atoms with Crippen molar-refractivity contribution in [1.29, 1.82) is 0 Å². The number of halogens is 2. The number of sulfonamides is 1. The smallest absolute Gasteiger partial charge is 0.211 e. The van der Waals surface area contributed by atoms with Crippen LogP contribution in [0.1, 0.15) is 18.1 Å². The summed E-state index contributed by atoms with van der Waals surface area (Å²) in [7, 11) is -3.58. The Morgan fingerprint density at radius 1 is 1.31 bits per heavy atom. The lowest BCUT2D eigenvalue weighted by molar-refractivity contribution is 0.583. The first-order chi connectivity index (χ1) is 7.31. The third kappa shape index (κ3) is 2.51. The summed E-state index contributed by atoms with van der Waals surface area (Å²) in [5.74, 6) is 0. The summed E-state index contributed by atoms with van der Waals surface area (Å²) in [6.45, 7) is 5.37. The molecule has 0 saturated heterocycles. The third-order valence-electron chi connectivity index (χ3n) is 2.19. The molecule has 90 valence electrons. The molecule has 0 amide bonds. The number of rotatable bonds is 3. The monoisotopic (exact) mass is 281 g/mol. The lowest BCUT2D eigenvalue weighted by Gasteiger charge is -2.13. The maximum Gasteiger partial charge on any atom is 0.242 e. The Morgan fingerprint density at radius 3 is 2.38 bits per heavy atom. The van der Waals surface area contributed by atoms with Gasteiger partial charge >= 0.3 is 0 Å². The fourth-order valence-electron chi connectivity index (χ4n) is 1.40. The van der Waals surface area contributed by atoms with Gasteiger partial charge in [0.15, 0.2) is 0 Å². The lowest BCUT2D eigenvalue weighted by atomic mass is 10.2. The SMILES string of the molecule is CCNS(=O)(=O)c1c(C)c(Cl)cc(C)c1Cl. The molecule has 0 saturated carbocycles. The largest absolute Gasteiger partial charge is 0.242 e. The zero-order chi connectivity index (χ0) is 12.5. The Balaban J connectivity index is 3.56. The van der Waals surface area contributed by atoms with Gasteiger partial charge in [0.2, 0.25) is 10.0 Å². The van der Waals surface area contributed by atoms with Gasteiger partial charge in [-0.15, -0.1) is 0 Å². The van der Waals surface area contributed by atoms with Gasteiger partial charge in [-0.05, 0) is 31.0 Å². The molecule has 0 aliphatic heterocycles. The van der Waals surface area contributed by atoms with Crippen molar-refractivity contribution in [1.82, 2.24) is 4.72 Å². The molecule has 0 unspecified atom stereocenters. The molecular weight excluding hydrogens is 269 g/mol. The number of hydrogen-bond donors (Lipinski definition) is 1. The standard InChI is InChI=1S/C10H13Cl2NO2S/c1-4-13-16(14,15)10-7(3)8(11)5-6(2)9(10)12/h5,13H,4H2,1-3H3. The molecule has 0 heterocycles. The first-order valence-corrected chi connectivity index (χ1v) is 7.00. The van der Waals surface area contributed by atoms with Crippen LogP contribution in [0.5, 0.6) is 0 Å². The van der Waals surface area contributed by atoms with Gasteiger partial charge in [0, 0.05) is 11.6 Å². The second-order valence-electron chi connectivity index (χ2n) is 3.44. The van der Waals surface area contributed by atoms with E-state index in [-0.39, 0.29) is 9.92 Å². The zero-order valence-electron chi connectivity index (χ0n) is 9.27. The highest BCUT2D eigenvalue weighted by molar-refractivity contribution is 7.89. The van der Waals surface area contributed by atoms with Crippen molar-refractivity contribution in [3.8, 4) is 0 Å². The van der Waals surface area contributed by atoms with Crippen LogP contribution in [0.2, 0.25) is 10.0 Å². The fraction of sp³-hybridized carbons (Fsp3) is 0.400. The van der Waals surface area contributed by atoms with Crippen LogP contribution in [-0.4, -0.2) is 15.0 Å². The Kier molecular flexibility index (Phi) is 4.23. The molecule has 0 radical (unpaired) electrons. The Bertz CT molecular complexity index is 486. The van der Waals surface area contributed by atoms with Crippen molar-refractivity contribution in [2.75, 3.05) is 6.54 Å². The van der Waals surface area contributed by atoms with E-state index in [4.69, 9.17) is 23.2 Å². The first kappa shape index (κ1) is 13.8. The Hall–Kier alpha value is -0.290. The highest BCUT2D eigenvalue weighted by Crippen LogP contribution is 2.33. The molecule has 0 atom stereocenters. The summed E-state index contributed by atoms with van der Waals surface area (Å²) in [4.78, 5) is 0.0704. The van der Waals surface area contributed by atoms with E-state index in [9.17, 15) is 8.42 Å². The molecule has 0 aromatic heterocycles.